The lowest BCUT2D eigenvalue weighted by atomic mass is 10.2. The van der Waals surface area contributed by atoms with E-state index in [0.29, 0.717) is 11.8 Å². The third-order valence-corrected chi connectivity index (χ3v) is 4.20. The van der Waals surface area contributed by atoms with Gasteiger partial charge in [0, 0.05) is 19.3 Å². The van der Waals surface area contributed by atoms with E-state index in [1.807, 2.05) is 13.0 Å². The number of nitrogens with zero attached hydrogens (tertiary/aromatic N) is 1. The monoisotopic (exact) mass is 432 g/mol. The van der Waals surface area contributed by atoms with E-state index in [2.05, 4.69) is 54.3 Å². The van der Waals surface area contributed by atoms with Crippen LogP contribution in [0.4, 0.5) is 0 Å². The zero-order chi connectivity index (χ0) is 15.2. The predicted octanol–water partition coefficient (Wildman–Crippen LogP) is 4.95. The van der Waals surface area contributed by atoms with Crippen molar-refractivity contribution in [2.24, 2.45) is 0 Å². The Morgan fingerprint density at radius 1 is 1.14 bits per heavy atom. The molecule has 1 aromatic heterocycles. The van der Waals surface area contributed by atoms with Crippen LogP contribution in [0.15, 0.2) is 39.4 Å². The molecule has 1 N–H and O–H groups in total. The molecule has 112 valence electrons. The minimum Gasteiger partial charge on any atom is -0.492 e. The van der Waals surface area contributed by atoms with E-state index in [-0.39, 0.29) is 0 Å². The molecule has 21 heavy (non-hydrogen) atoms. The van der Waals surface area contributed by atoms with Gasteiger partial charge >= 0.3 is 0 Å². The Morgan fingerprint density at radius 2 is 1.81 bits per heavy atom. The molecule has 0 bridgehead atoms. The van der Waals surface area contributed by atoms with Crippen molar-refractivity contribution in [1.29, 1.82) is 0 Å². The molecule has 2 rings (SSSR count). The molecule has 0 saturated carbocycles. The van der Waals surface area contributed by atoms with Gasteiger partial charge in [0.25, 0.3) is 0 Å². The summed E-state index contributed by atoms with van der Waals surface area (Å²) in [6, 6.07) is 7.88. The summed E-state index contributed by atoms with van der Waals surface area (Å²) in [4.78, 5) is 4.06. The quantitative estimate of drug-likeness (QED) is 0.654. The third kappa shape index (κ3) is 4.95. The number of benzene rings is 1. The Labute approximate surface area is 146 Å². The summed E-state index contributed by atoms with van der Waals surface area (Å²) in [7, 11) is 0. The molecule has 0 atom stereocenters. The molecule has 0 spiro atoms. The number of pyridine rings is 1. The molecule has 0 aliphatic heterocycles. The number of hydrogen-bond acceptors (Lipinski definition) is 3. The van der Waals surface area contributed by atoms with Crippen LogP contribution in [-0.2, 0) is 13.1 Å². The summed E-state index contributed by atoms with van der Waals surface area (Å²) in [6.45, 7) is 4.10. The Morgan fingerprint density at radius 3 is 2.38 bits per heavy atom. The topological polar surface area (TPSA) is 34.1 Å². The second-order valence-corrected chi connectivity index (χ2v) is 6.51. The van der Waals surface area contributed by atoms with E-state index in [1.54, 1.807) is 12.3 Å². The number of rotatable bonds is 6. The molecule has 1 aromatic carbocycles. The summed E-state index contributed by atoms with van der Waals surface area (Å²) >= 11 is 12.8. The van der Waals surface area contributed by atoms with E-state index < -0.39 is 0 Å². The fourth-order valence-electron chi connectivity index (χ4n) is 1.86. The van der Waals surface area contributed by atoms with Gasteiger partial charge in [-0.1, -0.05) is 17.7 Å². The van der Waals surface area contributed by atoms with E-state index >= 15 is 0 Å². The van der Waals surface area contributed by atoms with E-state index in [0.717, 1.165) is 33.3 Å². The van der Waals surface area contributed by atoms with Gasteiger partial charge < -0.3 is 10.1 Å². The van der Waals surface area contributed by atoms with Crippen molar-refractivity contribution in [3.63, 3.8) is 0 Å². The minimum atomic E-state index is 0.512. The molecule has 0 radical (unpaired) electrons. The first-order valence-corrected chi connectivity index (χ1v) is 8.48. The van der Waals surface area contributed by atoms with Gasteiger partial charge in [0.2, 0.25) is 0 Å². The van der Waals surface area contributed by atoms with Crippen LogP contribution < -0.4 is 10.1 Å². The van der Waals surface area contributed by atoms with Crippen molar-refractivity contribution in [1.82, 2.24) is 10.3 Å². The molecule has 0 amide bonds. The number of halogens is 3. The first-order valence-electron chi connectivity index (χ1n) is 6.52. The second-order valence-electron chi connectivity index (χ2n) is 4.41. The van der Waals surface area contributed by atoms with Crippen LogP contribution in [0, 0.1) is 0 Å². The van der Waals surface area contributed by atoms with E-state index in [1.165, 1.54) is 5.56 Å². The molecular formula is C15H15Br2ClN2O. The zero-order valence-corrected chi connectivity index (χ0v) is 15.4. The molecule has 0 aliphatic rings. The summed E-state index contributed by atoms with van der Waals surface area (Å²) in [5.74, 6) is 0.836. The number of hydrogen-bond donors (Lipinski definition) is 1. The average molecular weight is 435 g/mol. The highest BCUT2D eigenvalue weighted by Crippen LogP contribution is 2.34. The van der Waals surface area contributed by atoms with Crippen LogP contribution in [-0.4, -0.2) is 11.6 Å². The van der Waals surface area contributed by atoms with Gasteiger partial charge in [-0.15, -0.1) is 0 Å². The summed E-state index contributed by atoms with van der Waals surface area (Å²) in [5.41, 5.74) is 2.27. The van der Waals surface area contributed by atoms with Crippen LogP contribution in [0.3, 0.4) is 0 Å². The van der Waals surface area contributed by atoms with E-state index in [9.17, 15) is 0 Å². The maximum absolute atomic E-state index is 5.76. The largest absolute Gasteiger partial charge is 0.492 e. The van der Waals surface area contributed by atoms with Crippen molar-refractivity contribution < 1.29 is 4.74 Å². The van der Waals surface area contributed by atoms with Gasteiger partial charge in [0.1, 0.15) is 10.9 Å². The Kier molecular flexibility index (Phi) is 6.48. The smallest absolute Gasteiger partial charge is 0.147 e. The molecule has 3 nitrogen and oxygen atoms in total. The molecule has 0 fully saturated rings. The highest BCUT2D eigenvalue weighted by molar-refractivity contribution is 9.11. The molecule has 6 heteroatoms. The minimum absolute atomic E-state index is 0.512. The van der Waals surface area contributed by atoms with Crippen LogP contribution in [0.2, 0.25) is 5.15 Å². The van der Waals surface area contributed by atoms with Crippen molar-refractivity contribution in [3.8, 4) is 5.75 Å². The fourth-order valence-corrected chi connectivity index (χ4v) is 3.48. The maximum atomic E-state index is 5.76. The number of aromatic nitrogens is 1. The van der Waals surface area contributed by atoms with E-state index in [4.69, 9.17) is 16.3 Å². The van der Waals surface area contributed by atoms with Crippen molar-refractivity contribution >= 4 is 43.5 Å². The summed E-state index contributed by atoms with van der Waals surface area (Å²) < 4.78 is 7.47. The number of nitrogens with one attached hydrogen (secondary N) is 1. The van der Waals surface area contributed by atoms with Crippen LogP contribution in [0.25, 0.3) is 0 Å². The number of ether oxygens (including phenoxy) is 1. The van der Waals surface area contributed by atoms with Gasteiger partial charge in [-0.3, -0.25) is 0 Å². The highest BCUT2D eigenvalue weighted by Gasteiger charge is 2.08. The summed E-state index contributed by atoms with van der Waals surface area (Å²) in [5, 5.41) is 3.89. The molecule has 0 aliphatic carbocycles. The van der Waals surface area contributed by atoms with Crippen LogP contribution in [0.5, 0.6) is 5.75 Å². The normalized spacial score (nSPS) is 10.7. The van der Waals surface area contributed by atoms with Gasteiger partial charge in [-0.25, -0.2) is 4.98 Å². The second kappa shape index (κ2) is 8.13. The molecule has 0 unspecified atom stereocenters. The predicted molar refractivity (Wildman–Crippen MR) is 92.8 cm³/mol. The zero-order valence-electron chi connectivity index (χ0n) is 11.5. The van der Waals surface area contributed by atoms with Gasteiger partial charge in [0.15, 0.2) is 0 Å². The van der Waals surface area contributed by atoms with Crippen LogP contribution >= 0.6 is 43.5 Å². The van der Waals surface area contributed by atoms with Gasteiger partial charge in [-0.2, -0.15) is 0 Å². The standard InChI is InChI=1S/C15H15Br2ClN2O/c1-2-21-15-12(16)5-11(6-13(15)17)8-19-7-10-3-4-14(18)20-9-10/h3-6,9,19H,2,7-8H2,1H3. The Bertz CT molecular complexity index is 582. The SMILES string of the molecule is CCOc1c(Br)cc(CNCc2ccc(Cl)nc2)cc1Br. The lowest BCUT2D eigenvalue weighted by Crippen LogP contribution is -2.13. The molecule has 0 saturated heterocycles. The third-order valence-electron chi connectivity index (χ3n) is 2.79. The van der Waals surface area contributed by atoms with Crippen molar-refractivity contribution in [2.45, 2.75) is 20.0 Å². The first-order chi connectivity index (χ1) is 10.1. The first kappa shape index (κ1) is 16.7. The van der Waals surface area contributed by atoms with Crippen molar-refractivity contribution in [2.75, 3.05) is 6.61 Å². The molecular weight excluding hydrogens is 419 g/mol. The highest BCUT2D eigenvalue weighted by atomic mass is 79.9. The van der Waals surface area contributed by atoms with Crippen molar-refractivity contribution in [3.05, 3.63) is 55.7 Å². The average Bonchev–Trinajstić information content (AvgIpc) is 2.45. The fraction of sp³-hybridized carbons (Fsp3) is 0.267. The summed E-state index contributed by atoms with van der Waals surface area (Å²) in [6.07, 6.45) is 1.78. The Hall–Kier alpha value is -0.620. The Balaban J connectivity index is 1.95. The lowest BCUT2D eigenvalue weighted by molar-refractivity contribution is 0.336. The molecule has 2 aromatic rings. The maximum Gasteiger partial charge on any atom is 0.147 e. The van der Waals surface area contributed by atoms with Gasteiger partial charge in [-0.05, 0) is 68.1 Å². The van der Waals surface area contributed by atoms with Crippen LogP contribution in [0.1, 0.15) is 18.1 Å². The molecule has 1 heterocycles. The lowest BCUT2D eigenvalue weighted by Gasteiger charge is -2.11. The van der Waals surface area contributed by atoms with Gasteiger partial charge in [0.05, 0.1) is 15.6 Å².